The Bertz CT molecular complexity index is 671. The average molecular weight is 377 g/mol. The number of halogens is 2. The summed E-state index contributed by atoms with van der Waals surface area (Å²) in [4.78, 5) is 16.8. The highest BCUT2D eigenvalue weighted by atomic mass is 19.1. The van der Waals surface area contributed by atoms with Crippen LogP contribution in [0.15, 0.2) is 42.5 Å². The van der Waals surface area contributed by atoms with E-state index in [1.54, 1.807) is 0 Å². The molecular formula is C21H29F2N3O. The highest BCUT2D eigenvalue weighted by Gasteiger charge is 2.17. The highest BCUT2D eigenvalue weighted by Crippen LogP contribution is 2.16. The van der Waals surface area contributed by atoms with E-state index < -0.39 is 11.6 Å². The Balaban J connectivity index is 1.96. The molecule has 148 valence electrons. The molecule has 1 N–H and O–H groups in total. The van der Waals surface area contributed by atoms with E-state index in [-0.39, 0.29) is 18.1 Å². The molecule has 0 saturated heterocycles. The minimum absolute atomic E-state index is 0.00517. The number of hydrogen-bond donors (Lipinski definition) is 1. The van der Waals surface area contributed by atoms with Crippen LogP contribution in [0.25, 0.3) is 0 Å². The molecule has 0 heterocycles. The third kappa shape index (κ3) is 7.23. The van der Waals surface area contributed by atoms with Gasteiger partial charge < -0.3 is 10.2 Å². The number of carbonyl (C=O) groups excluding carboxylic acids is 1. The minimum Gasteiger partial charge on any atom is -0.322 e. The molecule has 0 aliphatic heterocycles. The molecule has 0 bridgehead atoms. The standard InChI is InChI=1S/C21H29F2N3O/c1-3-25(4-2)12-13-26(15-17-8-6-5-7-9-17)16-21(27)24-20-11-10-18(22)14-19(20)23/h5-8,10-11,14,17H,3-4,9,12-13,15-16H2,1-2H3,(H,24,27). The number of allylic oxidation sites excluding steroid dienone is 3. The first-order valence-electron chi connectivity index (χ1n) is 9.54. The first kappa shape index (κ1) is 21.3. The molecule has 4 nitrogen and oxygen atoms in total. The van der Waals surface area contributed by atoms with Crippen molar-refractivity contribution in [2.24, 2.45) is 5.92 Å². The molecule has 0 radical (unpaired) electrons. The Morgan fingerprint density at radius 3 is 2.52 bits per heavy atom. The van der Waals surface area contributed by atoms with Crippen molar-refractivity contribution in [2.75, 3.05) is 44.6 Å². The first-order valence-corrected chi connectivity index (χ1v) is 9.54. The molecule has 1 amide bonds. The monoisotopic (exact) mass is 377 g/mol. The van der Waals surface area contributed by atoms with Gasteiger partial charge in [0.2, 0.25) is 5.91 Å². The van der Waals surface area contributed by atoms with E-state index in [0.717, 1.165) is 51.3 Å². The van der Waals surface area contributed by atoms with Crippen molar-refractivity contribution in [1.29, 1.82) is 0 Å². The van der Waals surface area contributed by atoms with Crippen molar-refractivity contribution in [3.63, 3.8) is 0 Å². The quantitative estimate of drug-likeness (QED) is 0.676. The van der Waals surface area contributed by atoms with Crippen LogP contribution >= 0.6 is 0 Å². The van der Waals surface area contributed by atoms with Crippen LogP contribution in [0.4, 0.5) is 14.5 Å². The van der Waals surface area contributed by atoms with Gasteiger partial charge in [-0.15, -0.1) is 0 Å². The molecule has 0 saturated carbocycles. The summed E-state index contributed by atoms with van der Waals surface area (Å²) in [6.07, 6.45) is 9.29. The maximum absolute atomic E-state index is 13.8. The van der Waals surface area contributed by atoms with Crippen LogP contribution in [-0.2, 0) is 4.79 Å². The van der Waals surface area contributed by atoms with Gasteiger partial charge in [-0.05, 0) is 37.6 Å². The number of nitrogens with one attached hydrogen (secondary N) is 1. The van der Waals surface area contributed by atoms with E-state index in [1.165, 1.54) is 6.07 Å². The zero-order chi connectivity index (χ0) is 19.6. The lowest BCUT2D eigenvalue weighted by Crippen LogP contribution is -2.41. The number of nitrogens with zero attached hydrogens (tertiary/aromatic N) is 2. The van der Waals surface area contributed by atoms with Crippen LogP contribution in [0.2, 0.25) is 0 Å². The smallest absolute Gasteiger partial charge is 0.238 e. The van der Waals surface area contributed by atoms with Crippen LogP contribution in [0, 0.1) is 17.6 Å². The number of carbonyl (C=O) groups is 1. The van der Waals surface area contributed by atoms with Gasteiger partial charge in [0.05, 0.1) is 12.2 Å². The molecule has 1 aliphatic rings. The van der Waals surface area contributed by atoms with E-state index >= 15 is 0 Å². The van der Waals surface area contributed by atoms with Crippen molar-refractivity contribution in [2.45, 2.75) is 20.3 Å². The Morgan fingerprint density at radius 1 is 1.15 bits per heavy atom. The lowest BCUT2D eigenvalue weighted by molar-refractivity contribution is -0.117. The van der Waals surface area contributed by atoms with Crippen molar-refractivity contribution < 1.29 is 13.6 Å². The summed E-state index contributed by atoms with van der Waals surface area (Å²) in [5, 5.41) is 2.55. The van der Waals surface area contributed by atoms with Crippen molar-refractivity contribution in [3.05, 3.63) is 54.1 Å². The summed E-state index contributed by atoms with van der Waals surface area (Å²) in [6, 6.07) is 3.15. The van der Waals surface area contributed by atoms with Gasteiger partial charge in [0.25, 0.3) is 0 Å². The van der Waals surface area contributed by atoms with Gasteiger partial charge in [0.15, 0.2) is 0 Å². The van der Waals surface area contributed by atoms with E-state index in [0.29, 0.717) is 5.92 Å². The molecule has 2 rings (SSSR count). The van der Waals surface area contributed by atoms with Gasteiger partial charge in [-0.25, -0.2) is 8.78 Å². The van der Waals surface area contributed by atoms with Crippen LogP contribution in [-0.4, -0.2) is 55.0 Å². The Morgan fingerprint density at radius 2 is 1.89 bits per heavy atom. The molecule has 1 unspecified atom stereocenters. The maximum atomic E-state index is 13.8. The zero-order valence-corrected chi connectivity index (χ0v) is 16.1. The summed E-state index contributed by atoms with van der Waals surface area (Å²) in [7, 11) is 0. The van der Waals surface area contributed by atoms with E-state index in [9.17, 15) is 13.6 Å². The van der Waals surface area contributed by atoms with Gasteiger partial charge >= 0.3 is 0 Å². The van der Waals surface area contributed by atoms with E-state index in [4.69, 9.17) is 0 Å². The molecular weight excluding hydrogens is 348 g/mol. The molecule has 0 aromatic heterocycles. The molecule has 1 aromatic rings. The lowest BCUT2D eigenvalue weighted by Gasteiger charge is -2.28. The van der Waals surface area contributed by atoms with Gasteiger partial charge in [-0.1, -0.05) is 38.2 Å². The summed E-state index contributed by atoms with van der Waals surface area (Å²) in [6.45, 7) is 8.73. The second-order valence-corrected chi connectivity index (χ2v) is 6.74. The fraction of sp³-hybridized carbons (Fsp3) is 0.476. The lowest BCUT2D eigenvalue weighted by atomic mass is 10.0. The summed E-state index contributed by atoms with van der Waals surface area (Å²) < 4.78 is 26.8. The second-order valence-electron chi connectivity index (χ2n) is 6.74. The van der Waals surface area contributed by atoms with Gasteiger partial charge in [0.1, 0.15) is 11.6 Å². The Hall–Kier alpha value is -2.05. The van der Waals surface area contributed by atoms with Crippen LogP contribution < -0.4 is 5.32 Å². The second kappa shape index (κ2) is 10.9. The zero-order valence-electron chi connectivity index (χ0n) is 16.1. The minimum atomic E-state index is -0.765. The number of benzene rings is 1. The van der Waals surface area contributed by atoms with Gasteiger partial charge in [0, 0.05) is 25.7 Å². The summed E-state index contributed by atoms with van der Waals surface area (Å²) in [5.74, 6) is -1.36. The van der Waals surface area contributed by atoms with Gasteiger partial charge in [-0.3, -0.25) is 9.69 Å². The molecule has 1 atom stereocenters. The SMILES string of the molecule is CCN(CC)CCN(CC(=O)Nc1ccc(F)cc1F)CC1C=CC=CC1. The molecule has 0 fully saturated rings. The molecule has 1 aliphatic carbocycles. The molecule has 0 spiro atoms. The number of hydrogen-bond acceptors (Lipinski definition) is 3. The van der Waals surface area contributed by atoms with Crippen LogP contribution in [0.1, 0.15) is 20.3 Å². The predicted octanol–water partition coefficient (Wildman–Crippen LogP) is 3.68. The predicted molar refractivity (Wildman–Crippen MR) is 106 cm³/mol. The van der Waals surface area contributed by atoms with Gasteiger partial charge in [-0.2, -0.15) is 0 Å². The van der Waals surface area contributed by atoms with E-state index in [1.807, 2.05) is 12.2 Å². The Kier molecular flexibility index (Phi) is 8.61. The fourth-order valence-corrected chi connectivity index (χ4v) is 3.14. The topological polar surface area (TPSA) is 35.6 Å². The fourth-order valence-electron chi connectivity index (χ4n) is 3.14. The number of rotatable bonds is 10. The van der Waals surface area contributed by atoms with Crippen molar-refractivity contribution in [1.82, 2.24) is 9.80 Å². The third-order valence-corrected chi connectivity index (χ3v) is 4.76. The largest absolute Gasteiger partial charge is 0.322 e. The Labute approximate surface area is 160 Å². The average Bonchev–Trinajstić information content (AvgIpc) is 2.65. The first-order chi connectivity index (χ1) is 13.0. The molecule has 27 heavy (non-hydrogen) atoms. The number of anilines is 1. The summed E-state index contributed by atoms with van der Waals surface area (Å²) >= 11 is 0. The third-order valence-electron chi connectivity index (χ3n) is 4.76. The normalized spacial score (nSPS) is 16.3. The van der Waals surface area contributed by atoms with E-state index in [2.05, 4.69) is 41.1 Å². The summed E-state index contributed by atoms with van der Waals surface area (Å²) in [5.41, 5.74) is 0.00517. The van der Waals surface area contributed by atoms with Crippen LogP contribution in [0.5, 0.6) is 0 Å². The molecule has 6 heteroatoms. The van der Waals surface area contributed by atoms with Crippen LogP contribution in [0.3, 0.4) is 0 Å². The maximum Gasteiger partial charge on any atom is 0.238 e. The number of likely N-dealkylation sites (N-methyl/N-ethyl adjacent to an activating group) is 1. The highest BCUT2D eigenvalue weighted by molar-refractivity contribution is 5.92. The van der Waals surface area contributed by atoms with Crippen molar-refractivity contribution >= 4 is 11.6 Å². The van der Waals surface area contributed by atoms with Crippen molar-refractivity contribution in [3.8, 4) is 0 Å². The molecule has 1 aromatic carbocycles. The number of amides is 1.